The van der Waals surface area contributed by atoms with Gasteiger partial charge in [-0.3, -0.25) is 9.59 Å². The molecule has 0 N–H and O–H groups in total. The number of allylic oxidation sites excluding steroid dienone is 4. The van der Waals surface area contributed by atoms with Gasteiger partial charge in [0.15, 0.2) is 17.7 Å². The van der Waals surface area contributed by atoms with Gasteiger partial charge in [-0.1, -0.05) is 0 Å². The fourth-order valence-corrected chi connectivity index (χ4v) is 3.03. The van der Waals surface area contributed by atoms with E-state index in [4.69, 9.17) is 0 Å². The van der Waals surface area contributed by atoms with Crippen molar-refractivity contribution in [3.05, 3.63) is 35.7 Å². The monoisotopic (exact) mass is 408 g/mol. The van der Waals surface area contributed by atoms with Crippen molar-refractivity contribution in [1.82, 2.24) is 19.7 Å². The van der Waals surface area contributed by atoms with E-state index in [-0.39, 0.29) is 25.5 Å². The molecule has 3 rings (SSSR count). The van der Waals surface area contributed by atoms with Gasteiger partial charge in [-0.2, -0.15) is 13.2 Å². The van der Waals surface area contributed by atoms with E-state index in [2.05, 4.69) is 10.2 Å². The lowest BCUT2D eigenvalue weighted by Crippen LogP contribution is -2.41. The Morgan fingerprint density at radius 1 is 1.25 bits per heavy atom. The molecule has 0 spiro atoms. The van der Waals surface area contributed by atoms with E-state index in [1.165, 1.54) is 0 Å². The van der Waals surface area contributed by atoms with Crippen LogP contribution in [0, 0.1) is 0 Å². The summed E-state index contributed by atoms with van der Waals surface area (Å²) in [6.45, 7) is -0.639. The van der Waals surface area contributed by atoms with Gasteiger partial charge < -0.3 is 9.47 Å². The Balaban J connectivity index is 1.61. The average molecular weight is 408 g/mol. The van der Waals surface area contributed by atoms with Crippen LogP contribution >= 0.6 is 0 Å². The van der Waals surface area contributed by atoms with Crippen LogP contribution in [0.25, 0.3) is 0 Å². The molecule has 0 saturated carbocycles. The topological polar surface area (TPSA) is 68.1 Å². The molecule has 1 aliphatic carbocycles. The van der Waals surface area contributed by atoms with Crippen molar-refractivity contribution in [1.29, 1.82) is 0 Å². The summed E-state index contributed by atoms with van der Waals surface area (Å²) in [5.41, 5.74) is -2.75. The smallest absolute Gasteiger partial charge is 0.333 e. The highest BCUT2D eigenvalue weighted by atomic mass is 19.4. The summed E-state index contributed by atoms with van der Waals surface area (Å²) >= 11 is 0. The quantitative estimate of drug-likeness (QED) is 0.567. The Hall–Kier alpha value is -2.66. The number of hydrogen-bond acceptors (Lipinski definition) is 4. The van der Waals surface area contributed by atoms with Crippen LogP contribution in [0.2, 0.25) is 0 Å². The second-order valence-corrected chi connectivity index (χ2v) is 6.51. The molecule has 1 aromatic heterocycles. The number of fused-ring (bicyclic) bond motifs is 1. The van der Waals surface area contributed by atoms with Gasteiger partial charge in [-0.05, 0) is 18.2 Å². The molecule has 6 nitrogen and oxygen atoms in total. The Bertz CT molecular complexity index is 862. The van der Waals surface area contributed by atoms with E-state index in [1.807, 2.05) is 0 Å². The van der Waals surface area contributed by atoms with Crippen LogP contribution in [0.1, 0.15) is 24.5 Å². The fraction of sp³-hybridized carbons (Fsp3) is 0.500. The summed E-state index contributed by atoms with van der Waals surface area (Å²) < 4.78 is 80.3. The van der Waals surface area contributed by atoms with E-state index < -0.39 is 54.2 Å². The first-order chi connectivity index (χ1) is 13.0. The minimum Gasteiger partial charge on any atom is -0.333 e. The number of Topliss-reactive ketones (excluding diaryl/α,β-unsaturated/α-hetero) is 1. The highest BCUT2D eigenvalue weighted by Gasteiger charge is 2.42. The van der Waals surface area contributed by atoms with Crippen LogP contribution in [0.4, 0.5) is 26.3 Å². The van der Waals surface area contributed by atoms with Crippen molar-refractivity contribution in [3.63, 3.8) is 0 Å². The van der Waals surface area contributed by atoms with Gasteiger partial charge in [-0.25, -0.2) is 13.2 Å². The first-order valence-electron chi connectivity index (χ1n) is 8.18. The number of hydrogen-bond donors (Lipinski definition) is 0. The van der Waals surface area contributed by atoms with E-state index >= 15 is 0 Å². The first kappa shape index (κ1) is 20.1. The number of nitrogens with zero attached hydrogens (tertiary/aromatic N) is 4. The maximum atomic E-state index is 14.4. The van der Waals surface area contributed by atoms with Crippen molar-refractivity contribution in [2.24, 2.45) is 0 Å². The van der Waals surface area contributed by atoms with Crippen molar-refractivity contribution >= 4 is 11.7 Å². The zero-order chi connectivity index (χ0) is 20.7. The molecule has 0 bridgehead atoms. The Kier molecular flexibility index (Phi) is 5.06. The molecule has 28 heavy (non-hydrogen) atoms. The zero-order valence-corrected chi connectivity index (χ0v) is 14.2. The number of carbonyl (C=O) groups is 2. The van der Waals surface area contributed by atoms with E-state index in [9.17, 15) is 35.9 Å². The van der Waals surface area contributed by atoms with Gasteiger partial charge in [0.25, 0.3) is 0 Å². The summed E-state index contributed by atoms with van der Waals surface area (Å²) in [4.78, 5) is 25.3. The summed E-state index contributed by atoms with van der Waals surface area (Å²) in [6, 6.07) is 0. The third-order valence-corrected chi connectivity index (χ3v) is 4.46. The number of ketones is 1. The van der Waals surface area contributed by atoms with Crippen LogP contribution in [0.5, 0.6) is 0 Å². The van der Waals surface area contributed by atoms with Gasteiger partial charge in [0.1, 0.15) is 11.6 Å². The lowest BCUT2D eigenvalue weighted by molar-refractivity contribution is -0.148. The summed E-state index contributed by atoms with van der Waals surface area (Å²) in [7, 11) is 0. The summed E-state index contributed by atoms with van der Waals surface area (Å²) in [6.07, 6.45) is -7.11. The number of carbonyl (C=O) groups excluding carboxylic acids is 2. The van der Waals surface area contributed by atoms with E-state index in [0.29, 0.717) is 18.2 Å². The molecule has 0 fully saturated rings. The maximum absolute atomic E-state index is 14.4. The minimum absolute atomic E-state index is 0.0963. The number of aromatic nitrogens is 3. The second kappa shape index (κ2) is 7.06. The van der Waals surface area contributed by atoms with Gasteiger partial charge in [0.2, 0.25) is 11.7 Å². The lowest BCUT2D eigenvalue weighted by atomic mass is 9.89. The Labute approximate surface area is 154 Å². The molecule has 1 amide bonds. The molecule has 152 valence electrons. The van der Waals surface area contributed by atoms with Crippen LogP contribution < -0.4 is 0 Å². The van der Waals surface area contributed by atoms with E-state index in [1.54, 1.807) is 0 Å². The number of halogens is 6. The largest absolute Gasteiger partial charge is 0.451 e. The molecule has 12 heteroatoms. The van der Waals surface area contributed by atoms with Crippen molar-refractivity contribution in [2.75, 3.05) is 6.54 Å². The fourth-order valence-electron chi connectivity index (χ4n) is 3.03. The van der Waals surface area contributed by atoms with Gasteiger partial charge in [0.05, 0.1) is 13.0 Å². The molecule has 2 aliphatic rings. The molecular formula is C16H14F6N4O2. The Morgan fingerprint density at radius 3 is 2.61 bits per heavy atom. The lowest BCUT2D eigenvalue weighted by Gasteiger charge is -2.29. The first-order valence-corrected chi connectivity index (χ1v) is 8.18. The predicted molar refractivity (Wildman–Crippen MR) is 81.7 cm³/mol. The van der Waals surface area contributed by atoms with Crippen molar-refractivity contribution in [2.45, 2.75) is 43.9 Å². The molecule has 0 radical (unpaired) electrons. The number of rotatable bonds is 4. The molecule has 0 aromatic carbocycles. The van der Waals surface area contributed by atoms with Crippen molar-refractivity contribution in [3.8, 4) is 0 Å². The van der Waals surface area contributed by atoms with Crippen molar-refractivity contribution < 1.29 is 35.9 Å². The number of alkyl halides is 5. The van der Waals surface area contributed by atoms with Gasteiger partial charge in [-0.15, -0.1) is 10.2 Å². The van der Waals surface area contributed by atoms with Gasteiger partial charge >= 0.3 is 6.18 Å². The molecule has 1 aromatic rings. The highest BCUT2D eigenvalue weighted by molar-refractivity contribution is 5.98. The molecule has 0 saturated heterocycles. The zero-order valence-electron chi connectivity index (χ0n) is 14.2. The van der Waals surface area contributed by atoms with Crippen LogP contribution in [-0.2, 0) is 28.9 Å². The maximum Gasteiger partial charge on any atom is 0.451 e. The van der Waals surface area contributed by atoms with Crippen LogP contribution in [0.3, 0.4) is 0 Å². The predicted octanol–water partition coefficient (Wildman–Crippen LogP) is 2.46. The molecule has 2 unspecified atom stereocenters. The number of amides is 1. The minimum atomic E-state index is -4.69. The summed E-state index contributed by atoms with van der Waals surface area (Å²) in [5, 5.41) is 6.48. The van der Waals surface area contributed by atoms with Crippen LogP contribution in [0.15, 0.2) is 24.1 Å². The molecule has 1 aliphatic heterocycles. The Morgan fingerprint density at radius 2 is 1.96 bits per heavy atom. The third-order valence-electron chi connectivity index (χ3n) is 4.46. The molecule has 2 atom stereocenters. The SMILES string of the molecule is O=C(CC(=O)N1CCn2c(nnc2C(F)(F)F)C1)CC1(F)C=CC(F)=CC1F. The highest BCUT2D eigenvalue weighted by Crippen LogP contribution is 2.33. The van der Waals surface area contributed by atoms with Crippen LogP contribution in [-0.4, -0.2) is 49.7 Å². The normalized spacial score (nSPS) is 24.7. The molecule has 2 heterocycles. The third kappa shape index (κ3) is 3.94. The summed E-state index contributed by atoms with van der Waals surface area (Å²) in [5.74, 6) is -3.92. The second-order valence-electron chi connectivity index (χ2n) is 6.51. The van der Waals surface area contributed by atoms with E-state index in [0.717, 1.165) is 9.47 Å². The molecular weight excluding hydrogens is 394 g/mol. The average Bonchev–Trinajstić information content (AvgIpc) is 3.02. The standard InChI is InChI=1S/C16H14F6N4O2/c17-9-1-2-15(19,11(18)5-9)7-10(27)6-13(28)25-3-4-26-12(8-25)23-24-14(26)16(20,21)22/h1-2,5,11H,3-4,6-8H2. The van der Waals surface area contributed by atoms with Gasteiger partial charge in [0, 0.05) is 19.5 Å².